The van der Waals surface area contributed by atoms with Gasteiger partial charge in [0.25, 0.3) is 5.91 Å². The minimum absolute atomic E-state index is 0.0304. The van der Waals surface area contributed by atoms with Gasteiger partial charge in [0, 0.05) is 32.2 Å². The Morgan fingerprint density at radius 1 is 1.43 bits per heavy atom. The van der Waals surface area contributed by atoms with Crippen LogP contribution in [0.15, 0.2) is 18.2 Å². The van der Waals surface area contributed by atoms with E-state index in [1.54, 1.807) is 17.0 Å². The number of phenolic OH excluding ortho intramolecular Hbond substituents is 1. The normalized spacial score (nSPS) is 16.7. The predicted octanol–water partition coefficient (Wildman–Crippen LogP) is 1.96. The Kier molecular flexibility index (Phi) is 5.07. The number of ether oxygens (including phenoxy) is 1. The molecule has 5 nitrogen and oxygen atoms in total. The lowest BCUT2D eigenvalue weighted by Crippen LogP contribution is -2.45. The summed E-state index contributed by atoms with van der Waals surface area (Å²) in [4.78, 5) is 16.7. The number of likely N-dealkylation sites (tertiary alicyclic amines) is 1. The van der Waals surface area contributed by atoms with Crippen LogP contribution >= 0.6 is 0 Å². The summed E-state index contributed by atoms with van der Waals surface area (Å²) >= 11 is 0. The minimum Gasteiger partial charge on any atom is -0.507 e. The summed E-state index contributed by atoms with van der Waals surface area (Å²) in [7, 11) is 3.35. The van der Waals surface area contributed by atoms with Gasteiger partial charge in [-0.3, -0.25) is 4.79 Å². The molecule has 1 fully saturated rings. The van der Waals surface area contributed by atoms with Crippen LogP contribution in [0.4, 0.5) is 0 Å². The molecule has 0 bridgehead atoms. The lowest BCUT2D eigenvalue weighted by molar-refractivity contribution is 0.0644. The SMILES string of the molecule is CCN1CCC(N(C)C(=O)c2ccc(OC)cc2O)CC1. The molecular weight excluding hydrogens is 268 g/mol. The second-order valence-electron chi connectivity index (χ2n) is 5.46. The van der Waals surface area contributed by atoms with Crippen LogP contribution in [0.25, 0.3) is 0 Å². The summed E-state index contributed by atoms with van der Waals surface area (Å²) in [5.74, 6) is 0.380. The molecule has 21 heavy (non-hydrogen) atoms. The maximum Gasteiger partial charge on any atom is 0.257 e. The summed E-state index contributed by atoms with van der Waals surface area (Å²) < 4.78 is 5.04. The zero-order valence-electron chi connectivity index (χ0n) is 13.0. The van der Waals surface area contributed by atoms with Crippen molar-refractivity contribution in [2.75, 3.05) is 33.8 Å². The first-order valence-corrected chi connectivity index (χ1v) is 7.43. The van der Waals surface area contributed by atoms with E-state index in [0.29, 0.717) is 11.3 Å². The molecule has 5 heteroatoms. The topological polar surface area (TPSA) is 53.0 Å². The molecule has 1 saturated heterocycles. The molecular formula is C16H24N2O3. The number of benzene rings is 1. The largest absolute Gasteiger partial charge is 0.507 e. The summed E-state index contributed by atoms with van der Waals surface area (Å²) in [5, 5.41) is 9.98. The van der Waals surface area contributed by atoms with Crippen molar-refractivity contribution in [3.05, 3.63) is 23.8 Å². The van der Waals surface area contributed by atoms with Gasteiger partial charge in [0.05, 0.1) is 12.7 Å². The number of phenols is 1. The van der Waals surface area contributed by atoms with Crippen LogP contribution in [0.2, 0.25) is 0 Å². The highest BCUT2D eigenvalue weighted by Crippen LogP contribution is 2.26. The fourth-order valence-electron chi connectivity index (χ4n) is 2.80. The number of carbonyl (C=O) groups excluding carboxylic acids is 1. The van der Waals surface area contributed by atoms with E-state index in [4.69, 9.17) is 4.74 Å². The van der Waals surface area contributed by atoms with Gasteiger partial charge in [0.1, 0.15) is 11.5 Å². The molecule has 1 aromatic carbocycles. The number of aromatic hydroxyl groups is 1. The van der Waals surface area contributed by atoms with Gasteiger partial charge in [-0.05, 0) is 31.5 Å². The van der Waals surface area contributed by atoms with E-state index in [1.165, 1.54) is 13.2 Å². The molecule has 1 aliphatic heterocycles. The van der Waals surface area contributed by atoms with Gasteiger partial charge in [0.15, 0.2) is 0 Å². The van der Waals surface area contributed by atoms with E-state index < -0.39 is 0 Å². The minimum atomic E-state index is -0.134. The Hall–Kier alpha value is -1.75. The van der Waals surface area contributed by atoms with Crippen molar-refractivity contribution in [1.82, 2.24) is 9.80 Å². The Morgan fingerprint density at radius 3 is 2.62 bits per heavy atom. The molecule has 0 atom stereocenters. The van der Waals surface area contributed by atoms with E-state index in [2.05, 4.69) is 11.8 Å². The lowest BCUT2D eigenvalue weighted by Gasteiger charge is -2.36. The van der Waals surface area contributed by atoms with Gasteiger partial charge in [-0.25, -0.2) is 0 Å². The monoisotopic (exact) mass is 292 g/mol. The highest BCUT2D eigenvalue weighted by Gasteiger charge is 2.26. The molecule has 2 rings (SSSR count). The fraction of sp³-hybridized carbons (Fsp3) is 0.562. The van der Waals surface area contributed by atoms with E-state index in [1.807, 2.05) is 7.05 Å². The summed E-state index contributed by atoms with van der Waals surface area (Å²) in [6.45, 7) is 5.26. The first-order valence-electron chi connectivity index (χ1n) is 7.43. The van der Waals surface area contributed by atoms with Gasteiger partial charge in [-0.15, -0.1) is 0 Å². The third-order valence-electron chi connectivity index (χ3n) is 4.31. The molecule has 1 amide bonds. The highest BCUT2D eigenvalue weighted by molar-refractivity contribution is 5.97. The number of rotatable bonds is 4. The Labute approximate surface area is 126 Å². The zero-order chi connectivity index (χ0) is 15.4. The summed E-state index contributed by atoms with van der Waals surface area (Å²) in [6, 6.07) is 5.02. The average molecular weight is 292 g/mol. The molecule has 1 aromatic rings. The Bertz CT molecular complexity index is 496. The van der Waals surface area contributed by atoms with Crippen LogP contribution in [0.3, 0.4) is 0 Å². The second-order valence-corrected chi connectivity index (χ2v) is 5.46. The molecule has 0 saturated carbocycles. The summed E-state index contributed by atoms with van der Waals surface area (Å²) in [6.07, 6.45) is 1.96. The third-order valence-corrected chi connectivity index (χ3v) is 4.31. The first kappa shape index (κ1) is 15.6. The Morgan fingerprint density at radius 2 is 2.10 bits per heavy atom. The van der Waals surface area contributed by atoms with Crippen molar-refractivity contribution >= 4 is 5.91 Å². The number of piperidine rings is 1. The maximum absolute atomic E-state index is 12.5. The number of hydrogen-bond acceptors (Lipinski definition) is 4. The van der Waals surface area contributed by atoms with E-state index >= 15 is 0 Å². The summed E-state index contributed by atoms with van der Waals surface area (Å²) in [5.41, 5.74) is 0.330. The molecule has 0 unspecified atom stereocenters. The van der Waals surface area contributed by atoms with Crippen molar-refractivity contribution in [3.63, 3.8) is 0 Å². The van der Waals surface area contributed by atoms with Crippen molar-refractivity contribution in [2.45, 2.75) is 25.8 Å². The van der Waals surface area contributed by atoms with Crippen molar-refractivity contribution < 1.29 is 14.6 Å². The molecule has 1 N–H and O–H groups in total. The number of carbonyl (C=O) groups is 1. The zero-order valence-corrected chi connectivity index (χ0v) is 13.0. The molecule has 0 aliphatic carbocycles. The quantitative estimate of drug-likeness (QED) is 0.921. The average Bonchev–Trinajstić information content (AvgIpc) is 2.53. The molecule has 0 spiro atoms. The Balaban J connectivity index is 2.06. The second kappa shape index (κ2) is 6.80. The third kappa shape index (κ3) is 3.47. The van der Waals surface area contributed by atoms with Crippen LogP contribution < -0.4 is 4.74 Å². The van der Waals surface area contributed by atoms with E-state index in [-0.39, 0.29) is 17.7 Å². The van der Waals surface area contributed by atoms with Gasteiger partial charge in [0.2, 0.25) is 0 Å². The number of amides is 1. The predicted molar refractivity (Wildman–Crippen MR) is 81.9 cm³/mol. The van der Waals surface area contributed by atoms with Crippen LogP contribution in [0.5, 0.6) is 11.5 Å². The molecule has 1 aliphatic rings. The molecule has 116 valence electrons. The van der Waals surface area contributed by atoms with Crippen LogP contribution in [0, 0.1) is 0 Å². The van der Waals surface area contributed by atoms with Crippen molar-refractivity contribution in [2.24, 2.45) is 0 Å². The van der Waals surface area contributed by atoms with Gasteiger partial charge >= 0.3 is 0 Å². The van der Waals surface area contributed by atoms with Crippen molar-refractivity contribution in [3.8, 4) is 11.5 Å². The van der Waals surface area contributed by atoms with Crippen molar-refractivity contribution in [1.29, 1.82) is 0 Å². The molecule has 0 aromatic heterocycles. The number of nitrogens with zero attached hydrogens (tertiary/aromatic N) is 2. The molecule has 0 radical (unpaired) electrons. The number of methoxy groups -OCH3 is 1. The van der Waals surface area contributed by atoms with Gasteiger partial charge in [-0.2, -0.15) is 0 Å². The van der Waals surface area contributed by atoms with E-state index in [0.717, 1.165) is 32.5 Å². The molecule has 1 heterocycles. The number of hydrogen-bond donors (Lipinski definition) is 1. The lowest BCUT2D eigenvalue weighted by atomic mass is 10.0. The van der Waals surface area contributed by atoms with Crippen LogP contribution in [-0.2, 0) is 0 Å². The fourth-order valence-corrected chi connectivity index (χ4v) is 2.80. The van der Waals surface area contributed by atoms with Gasteiger partial charge < -0.3 is 19.6 Å². The van der Waals surface area contributed by atoms with Crippen LogP contribution in [-0.4, -0.2) is 60.6 Å². The van der Waals surface area contributed by atoms with Crippen LogP contribution in [0.1, 0.15) is 30.1 Å². The smallest absolute Gasteiger partial charge is 0.257 e. The van der Waals surface area contributed by atoms with E-state index in [9.17, 15) is 9.90 Å². The van der Waals surface area contributed by atoms with Gasteiger partial charge in [-0.1, -0.05) is 6.92 Å². The maximum atomic E-state index is 12.5. The highest BCUT2D eigenvalue weighted by atomic mass is 16.5. The standard InChI is InChI=1S/C16H24N2O3/c1-4-18-9-7-12(8-10-18)17(2)16(20)14-6-5-13(21-3)11-15(14)19/h5-6,11-12,19H,4,7-10H2,1-3H3. The first-order chi connectivity index (χ1) is 10.1.